The van der Waals surface area contributed by atoms with E-state index >= 15 is 0 Å². The lowest BCUT2D eigenvalue weighted by Gasteiger charge is -2.33. The maximum atomic E-state index is 5.57. The second-order valence-electron chi connectivity index (χ2n) is 4.42. The molecule has 13 heavy (non-hydrogen) atoms. The molecule has 0 bridgehead atoms. The van der Waals surface area contributed by atoms with Crippen LogP contribution in [-0.2, 0) is 4.18 Å². The third-order valence-corrected chi connectivity index (χ3v) is 2.57. The molecule has 0 atom stereocenters. The van der Waals surface area contributed by atoms with Crippen molar-refractivity contribution >= 4 is 12.0 Å². The van der Waals surface area contributed by atoms with Crippen LogP contribution in [0.1, 0.15) is 34.1 Å². The van der Waals surface area contributed by atoms with Crippen molar-refractivity contribution in [3.63, 3.8) is 0 Å². The highest BCUT2D eigenvalue weighted by atomic mass is 32.2. The molecule has 1 N–H and O–H groups in total. The summed E-state index contributed by atoms with van der Waals surface area (Å²) in [6.07, 6.45) is 0.956. The van der Waals surface area contributed by atoms with Crippen molar-refractivity contribution < 1.29 is 4.18 Å². The monoisotopic (exact) mass is 203 g/mol. The van der Waals surface area contributed by atoms with Crippen molar-refractivity contribution in [2.75, 3.05) is 7.05 Å². The highest BCUT2D eigenvalue weighted by Crippen LogP contribution is 2.27. The van der Waals surface area contributed by atoms with Gasteiger partial charge in [0.15, 0.2) is 0 Å². The van der Waals surface area contributed by atoms with E-state index in [4.69, 9.17) is 4.18 Å². The van der Waals surface area contributed by atoms with Gasteiger partial charge in [-0.3, -0.25) is 0 Å². The van der Waals surface area contributed by atoms with Crippen molar-refractivity contribution in [2.45, 2.75) is 45.3 Å². The number of hydrogen-bond acceptors (Lipinski definition) is 3. The van der Waals surface area contributed by atoms with E-state index in [0.29, 0.717) is 0 Å². The maximum absolute atomic E-state index is 5.57. The average Bonchev–Trinajstić information content (AvgIpc) is 1.99. The van der Waals surface area contributed by atoms with Crippen LogP contribution in [0, 0.1) is 0 Å². The first kappa shape index (κ1) is 13.0. The van der Waals surface area contributed by atoms with Crippen molar-refractivity contribution in [2.24, 2.45) is 0 Å². The van der Waals surface area contributed by atoms with E-state index in [9.17, 15) is 0 Å². The lowest BCUT2D eigenvalue weighted by Crippen LogP contribution is -2.43. The first-order valence-corrected chi connectivity index (χ1v) is 5.28. The maximum Gasteiger partial charge on any atom is 0.0794 e. The van der Waals surface area contributed by atoms with Gasteiger partial charge in [-0.05, 0) is 46.6 Å². The van der Waals surface area contributed by atoms with Crippen molar-refractivity contribution in [3.8, 4) is 0 Å². The zero-order chi connectivity index (χ0) is 10.5. The summed E-state index contributed by atoms with van der Waals surface area (Å²) < 4.78 is 5.57. The Morgan fingerprint density at radius 1 is 1.38 bits per heavy atom. The van der Waals surface area contributed by atoms with Crippen LogP contribution in [-0.4, -0.2) is 18.2 Å². The molecule has 0 aromatic rings. The molecule has 0 saturated heterocycles. The Bertz CT molecular complexity index is 166. The molecule has 0 aliphatic heterocycles. The second kappa shape index (κ2) is 5.03. The zero-order valence-corrected chi connectivity index (χ0v) is 10.1. The standard InChI is InChI=1S/C10H21NOS/c1-7-13-12-10(4,5)8-9(2,3)11-6/h7,11H,1,8H2,2-6H3. The minimum atomic E-state index is -0.134. The molecule has 0 heterocycles. The quantitative estimate of drug-likeness (QED) is 0.671. The van der Waals surface area contributed by atoms with Gasteiger partial charge in [0.05, 0.1) is 5.60 Å². The lowest BCUT2D eigenvalue weighted by molar-refractivity contribution is 0.0967. The largest absolute Gasteiger partial charge is 0.315 e. The minimum Gasteiger partial charge on any atom is -0.315 e. The van der Waals surface area contributed by atoms with Crippen LogP contribution in [0.5, 0.6) is 0 Å². The van der Waals surface area contributed by atoms with Crippen molar-refractivity contribution in [3.05, 3.63) is 12.0 Å². The van der Waals surface area contributed by atoms with E-state index in [-0.39, 0.29) is 11.1 Å². The third-order valence-electron chi connectivity index (χ3n) is 1.89. The minimum absolute atomic E-state index is 0.102. The van der Waals surface area contributed by atoms with Gasteiger partial charge >= 0.3 is 0 Å². The van der Waals surface area contributed by atoms with E-state index in [0.717, 1.165) is 6.42 Å². The number of nitrogens with one attached hydrogen (secondary N) is 1. The Kier molecular flexibility index (Phi) is 5.04. The predicted octanol–water partition coefficient (Wildman–Crippen LogP) is 2.96. The van der Waals surface area contributed by atoms with Gasteiger partial charge in [-0.2, -0.15) is 0 Å². The first-order chi connectivity index (χ1) is 5.83. The zero-order valence-electron chi connectivity index (χ0n) is 9.31. The van der Waals surface area contributed by atoms with Crippen molar-refractivity contribution in [1.82, 2.24) is 5.32 Å². The molecule has 2 nitrogen and oxygen atoms in total. The molecule has 0 amide bonds. The van der Waals surface area contributed by atoms with Gasteiger partial charge in [-0.25, -0.2) is 0 Å². The van der Waals surface area contributed by atoms with Gasteiger partial charge in [0, 0.05) is 17.6 Å². The Morgan fingerprint density at radius 2 is 1.92 bits per heavy atom. The molecular formula is C10H21NOS. The number of rotatable bonds is 6. The molecule has 0 spiro atoms. The van der Waals surface area contributed by atoms with E-state index in [2.05, 4.69) is 39.6 Å². The van der Waals surface area contributed by atoms with E-state index in [1.54, 1.807) is 5.41 Å². The molecule has 3 heteroatoms. The first-order valence-electron chi connectivity index (χ1n) is 4.47. The smallest absolute Gasteiger partial charge is 0.0794 e. The second-order valence-corrected chi connectivity index (χ2v) is 5.11. The van der Waals surface area contributed by atoms with Crippen LogP contribution in [0.3, 0.4) is 0 Å². The number of hydrogen-bond donors (Lipinski definition) is 1. The molecule has 0 rings (SSSR count). The highest BCUT2D eigenvalue weighted by molar-refractivity contribution is 7.97. The summed E-state index contributed by atoms with van der Waals surface area (Å²) in [6.45, 7) is 12.1. The third kappa shape index (κ3) is 6.13. The Labute approximate surface area is 86.3 Å². The van der Waals surface area contributed by atoms with Crippen LogP contribution in [0.15, 0.2) is 12.0 Å². The Balaban J connectivity index is 4.07. The fraction of sp³-hybridized carbons (Fsp3) is 0.800. The van der Waals surface area contributed by atoms with Crippen molar-refractivity contribution in [1.29, 1.82) is 0 Å². The fourth-order valence-corrected chi connectivity index (χ4v) is 1.73. The summed E-state index contributed by atoms with van der Waals surface area (Å²) in [7, 11) is 1.97. The van der Waals surface area contributed by atoms with E-state index in [1.807, 2.05) is 7.05 Å². The molecule has 0 aliphatic rings. The Hall–Kier alpha value is 0.01000. The molecule has 0 aliphatic carbocycles. The average molecular weight is 203 g/mol. The summed E-state index contributed by atoms with van der Waals surface area (Å²) in [5, 5.41) is 4.96. The van der Waals surface area contributed by atoms with E-state index in [1.165, 1.54) is 12.0 Å². The highest BCUT2D eigenvalue weighted by Gasteiger charge is 2.28. The molecular weight excluding hydrogens is 182 g/mol. The van der Waals surface area contributed by atoms with Crippen LogP contribution in [0.25, 0.3) is 0 Å². The van der Waals surface area contributed by atoms with Gasteiger partial charge in [0.2, 0.25) is 0 Å². The fourth-order valence-electron chi connectivity index (χ4n) is 1.35. The van der Waals surface area contributed by atoms with Gasteiger partial charge in [0.1, 0.15) is 0 Å². The summed E-state index contributed by atoms with van der Waals surface area (Å²) in [5.74, 6) is 0. The van der Waals surface area contributed by atoms with Gasteiger partial charge in [0.25, 0.3) is 0 Å². The van der Waals surface area contributed by atoms with E-state index < -0.39 is 0 Å². The lowest BCUT2D eigenvalue weighted by atomic mass is 9.90. The van der Waals surface area contributed by atoms with Gasteiger partial charge in [-0.15, -0.1) is 0 Å². The Morgan fingerprint density at radius 3 is 2.31 bits per heavy atom. The van der Waals surface area contributed by atoms with Gasteiger partial charge < -0.3 is 9.50 Å². The summed E-state index contributed by atoms with van der Waals surface area (Å²) in [6, 6.07) is 0. The predicted molar refractivity (Wildman–Crippen MR) is 60.7 cm³/mol. The van der Waals surface area contributed by atoms with Crippen LogP contribution in [0.2, 0.25) is 0 Å². The van der Waals surface area contributed by atoms with Crippen LogP contribution >= 0.6 is 12.0 Å². The molecule has 0 aromatic carbocycles. The topological polar surface area (TPSA) is 21.3 Å². The summed E-state index contributed by atoms with van der Waals surface area (Å²) in [5.41, 5.74) is -0.0312. The summed E-state index contributed by atoms with van der Waals surface area (Å²) in [4.78, 5) is 0. The SMILES string of the molecule is C=CSOC(C)(C)CC(C)(C)NC. The molecule has 78 valence electrons. The van der Waals surface area contributed by atoms with Crippen LogP contribution < -0.4 is 5.32 Å². The van der Waals surface area contributed by atoms with Crippen LogP contribution in [0.4, 0.5) is 0 Å². The van der Waals surface area contributed by atoms with Gasteiger partial charge in [-0.1, -0.05) is 6.58 Å². The molecule has 0 aromatic heterocycles. The molecule has 0 radical (unpaired) electrons. The summed E-state index contributed by atoms with van der Waals surface area (Å²) >= 11 is 1.30. The normalized spacial score (nSPS) is 13.0. The molecule has 0 fully saturated rings. The molecule has 0 saturated carbocycles. The molecule has 0 unspecified atom stereocenters.